The Morgan fingerprint density at radius 3 is 2.92 bits per heavy atom. The molecule has 3 aromatic heterocycles. The van der Waals surface area contributed by atoms with E-state index < -0.39 is 0 Å². The zero-order chi connectivity index (χ0) is 17.0. The van der Waals surface area contributed by atoms with E-state index in [-0.39, 0.29) is 0 Å². The first-order chi connectivity index (χ1) is 12.2. The third kappa shape index (κ3) is 2.59. The molecule has 0 aromatic carbocycles. The Labute approximate surface area is 158 Å². The molecular formula is C16H19IN8. The number of anilines is 1. The molecule has 3 aromatic rings. The molecule has 1 atom stereocenters. The van der Waals surface area contributed by atoms with Gasteiger partial charge >= 0.3 is 0 Å². The molecule has 1 saturated carbocycles. The average molecular weight is 450 g/mol. The van der Waals surface area contributed by atoms with Crippen molar-refractivity contribution in [2.75, 3.05) is 5.32 Å². The second-order valence-corrected chi connectivity index (χ2v) is 7.72. The van der Waals surface area contributed by atoms with Crippen molar-refractivity contribution in [1.29, 1.82) is 0 Å². The number of rotatable bonds is 4. The largest absolute Gasteiger partial charge is 0.364 e. The fourth-order valence-electron chi connectivity index (χ4n) is 3.60. The van der Waals surface area contributed by atoms with Crippen molar-refractivity contribution in [3.05, 3.63) is 21.8 Å². The van der Waals surface area contributed by atoms with Crippen LogP contribution in [-0.2, 0) is 19.5 Å². The van der Waals surface area contributed by atoms with Gasteiger partial charge in [0.05, 0.1) is 0 Å². The van der Waals surface area contributed by atoms with Gasteiger partial charge in [0.1, 0.15) is 18.0 Å². The van der Waals surface area contributed by atoms with Crippen LogP contribution in [0.5, 0.6) is 0 Å². The summed E-state index contributed by atoms with van der Waals surface area (Å²) in [5, 5.41) is 12.4. The summed E-state index contributed by atoms with van der Waals surface area (Å²) < 4.78 is 5.36. The van der Waals surface area contributed by atoms with Crippen molar-refractivity contribution in [2.24, 2.45) is 0 Å². The molecule has 1 N–H and O–H groups in total. The van der Waals surface area contributed by atoms with Gasteiger partial charge in [0.2, 0.25) is 0 Å². The summed E-state index contributed by atoms with van der Waals surface area (Å²) in [7, 11) is 0. The van der Waals surface area contributed by atoms with Crippen LogP contribution >= 0.6 is 22.6 Å². The molecule has 1 fully saturated rings. The molecule has 8 nitrogen and oxygen atoms in total. The second kappa shape index (κ2) is 5.89. The Hall–Kier alpha value is -1.78. The summed E-state index contributed by atoms with van der Waals surface area (Å²) in [4.78, 5) is 13.6. The first-order valence-electron chi connectivity index (χ1n) is 8.79. The quantitative estimate of drug-likeness (QED) is 0.485. The van der Waals surface area contributed by atoms with Gasteiger partial charge in [0.25, 0.3) is 0 Å². The number of nitrogens with zero attached hydrogens (tertiary/aromatic N) is 7. The highest BCUT2D eigenvalue weighted by Crippen LogP contribution is 2.40. The fraction of sp³-hybridized carbons (Fsp3) is 0.562. The van der Waals surface area contributed by atoms with E-state index in [0.717, 1.165) is 52.6 Å². The standard InChI is InChI=1S/C16H19IN8/c1-2-24-15-12(21-16(24)17)13(18-8-19-15)20-10-5-6-11-22-23-14(9-3-4-9)25(11)7-10/h8-10H,2-7H2,1H3,(H,18,19,20). The first kappa shape index (κ1) is 15.5. The molecule has 0 spiro atoms. The summed E-state index contributed by atoms with van der Waals surface area (Å²) >= 11 is 2.25. The zero-order valence-corrected chi connectivity index (χ0v) is 16.1. The van der Waals surface area contributed by atoms with Gasteiger partial charge in [-0.15, -0.1) is 10.2 Å². The number of hydrogen-bond acceptors (Lipinski definition) is 6. The summed E-state index contributed by atoms with van der Waals surface area (Å²) in [6.45, 7) is 3.85. The Kier molecular flexibility index (Phi) is 3.64. The number of aromatic nitrogens is 7. The van der Waals surface area contributed by atoms with Crippen LogP contribution in [-0.4, -0.2) is 40.3 Å². The Balaban J connectivity index is 1.44. The van der Waals surface area contributed by atoms with Crippen LogP contribution in [0.2, 0.25) is 0 Å². The van der Waals surface area contributed by atoms with E-state index in [4.69, 9.17) is 0 Å². The summed E-state index contributed by atoms with van der Waals surface area (Å²) in [5.41, 5.74) is 1.74. The third-order valence-electron chi connectivity index (χ3n) is 5.06. The lowest BCUT2D eigenvalue weighted by molar-refractivity contribution is 0.465. The number of fused-ring (bicyclic) bond motifs is 2. The molecule has 0 saturated heterocycles. The normalized spacial score (nSPS) is 20.0. The number of aryl methyl sites for hydroxylation is 2. The molecule has 0 amide bonds. The first-order valence-corrected chi connectivity index (χ1v) is 9.87. The van der Waals surface area contributed by atoms with E-state index in [1.54, 1.807) is 6.33 Å². The minimum Gasteiger partial charge on any atom is -0.364 e. The Morgan fingerprint density at radius 2 is 2.12 bits per heavy atom. The van der Waals surface area contributed by atoms with Crippen molar-refractivity contribution >= 4 is 39.6 Å². The van der Waals surface area contributed by atoms with Gasteiger partial charge in [0, 0.05) is 54.1 Å². The molecule has 0 bridgehead atoms. The van der Waals surface area contributed by atoms with Gasteiger partial charge in [0.15, 0.2) is 20.8 Å². The van der Waals surface area contributed by atoms with Gasteiger partial charge in [-0.2, -0.15) is 0 Å². The van der Waals surface area contributed by atoms with Crippen LogP contribution < -0.4 is 5.32 Å². The van der Waals surface area contributed by atoms with E-state index in [9.17, 15) is 0 Å². The molecule has 1 aliphatic carbocycles. The molecule has 9 heteroatoms. The molecular weight excluding hydrogens is 431 g/mol. The minimum absolute atomic E-state index is 0.309. The monoisotopic (exact) mass is 450 g/mol. The predicted molar refractivity (Wildman–Crippen MR) is 101 cm³/mol. The summed E-state index contributed by atoms with van der Waals surface area (Å²) in [6, 6.07) is 0.309. The fourth-order valence-corrected chi connectivity index (χ4v) is 4.41. The van der Waals surface area contributed by atoms with E-state index >= 15 is 0 Å². The molecule has 1 aliphatic heterocycles. The number of nitrogens with one attached hydrogen (secondary N) is 1. The number of halogens is 1. The molecule has 5 rings (SSSR count). The van der Waals surface area contributed by atoms with Crippen LogP contribution in [0.1, 0.15) is 43.8 Å². The van der Waals surface area contributed by atoms with Crippen LogP contribution in [0.25, 0.3) is 11.2 Å². The Morgan fingerprint density at radius 1 is 1.24 bits per heavy atom. The zero-order valence-electron chi connectivity index (χ0n) is 14.0. The van der Waals surface area contributed by atoms with Gasteiger partial charge < -0.3 is 14.5 Å². The Bertz CT molecular complexity index is 941. The van der Waals surface area contributed by atoms with Gasteiger partial charge in [-0.3, -0.25) is 0 Å². The van der Waals surface area contributed by atoms with Gasteiger partial charge in [-0.25, -0.2) is 15.0 Å². The van der Waals surface area contributed by atoms with Crippen molar-refractivity contribution in [2.45, 2.75) is 57.7 Å². The maximum atomic E-state index is 4.67. The second-order valence-electron chi connectivity index (χ2n) is 6.76. The lowest BCUT2D eigenvalue weighted by atomic mass is 10.1. The highest BCUT2D eigenvalue weighted by atomic mass is 127. The third-order valence-corrected chi connectivity index (χ3v) is 5.88. The summed E-state index contributed by atoms with van der Waals surface area (Å²) in [6.07, 6.45) is 6.09. The summed E-state index contributed by atoms with van der Waals surface area (Å²) in [5.74, 6) is 3.73. The smallest absolute Gasteiger partial charge is 0.173 e. The number of hydrogen-bond donors (Lipinski definition) is 1. The molecule has 1 unspecified atom stereocenters. The van der Waals surface area contributed by atoms with Crippen LogP contribution in [0.3, 0.4) is 0 Å². The lowest BCUT2D eigenvalue weighted by Crippen LogP contribution is -2.32. The van der Waals surface area contributed by atoms with Gasteiger partial charge in [-0.1, -0.05) is 0 Å². The molecule has 25 heavy (non-hydrogen) atoms. The minimum atomic E-state index is 0.309. The van der Waals surface area contributed by atoms with Crippen LogP contribution in [0.15, 0.2) is 6.33 Å². The van der Waals surface area contributed by atoms with Gasteiger partial charge in [-0.05, 0) is 26.2 Å². The molecule has 2 aliphatic rings. The van der Waals surface area contributed by atoms with Crippen molar-refractivity contribution in [1.82, 2.24) is 34.3 Å². The maximum Gasteiger partial charge on any atom is 0.173 e. The van der Waals surface area contributed by atoms with Crippen molar-refractivity contribution in [3.63, 3.8) is 0 Å². The topological polar surface area (TPSA) is 86.3 Å². The predicted octanol–water partition coefficient (Wildman–Crippen LogP) is 2.35. The van der Waals surface area contributed by atoms with E-state index in [0.29, 0.717) is 12.0 Å². The SMILES string of the molecule is CCn1c(I)nc2c(NC3CCc4nnc(C5CC5)n4C3)ncnc21. The molecule has 130 valence electrons. The van der Waals surface area contributed by atoms with E-state index in [2.05, 4.69) is 69.1 Å². The molecule has 4 heterocycles. The highest BCUT2D eigenvalue weighted by molar-refractivity contribution is 14.1. The average Bonchev–Trinajstić information content (AvgIpc) is 3.28. The van der Waals surface area contributed by atoms with Crippen molar-refractivity contribution < 1.29 is 0 Å². The molecule has 0 radical (unpaired) electrons. The highest BCUT2D eigenvalue weighted by Gasteiger charge is 2.32. The van der Waals surface area contributed by atoms with E-state index in [1.165, 1.54) is 18.7 Å². The van der Waals surface area contributed by atoms with Crippen LogP contribution in [0, 0.1) is 3.83 Å². The van der Waals surface area contributed by atoms with Crippen LogP contribution in [0.4, 0.5) is 5.82 Å². The number of imidazole rings is 1. The maximum absolute atomic E-state index is 4.67. The van der Waals surface area contributed by atoms with E-state index in [1.807, 2.05) is 0 Å². The van der Waals surface area contributed by atoms with Crippen molar-refractivity contribution in [3.8, 4) is 0 Å². The lowest BCUT2D eigenvalue weighted by Gasteiger charge is -2.25.